The van der Waals surface area contributed by atoms with Crippen LogP contribution in [0, 0.1) is 0 Å². The van der Waals surface area contributed by atoms with Gasteiger partial charge < -0.3 is 9.84 Å². The van der Waals surface area contributed by atoms with Gasteiger partial charge in [0.25, 0.3) is 0 Å². The number of aliphatic hydroxyl groups is 1. The summed E-state index contributed by atoms with van der Waals surface area (Å²) in [5.41, 5.74) is 2.86. The highest BCUT2D eigenvalue weighted by Gasteiger charge is 2.05. The van der Waals surface area contributed by atoms with Gasteiger partial charge >= 0.3 is 0 Å². The van der Waals surface area contributed by atoms with Crippen molar-refractivity contribution in [2.24, 2.45) is 0 Å². The van der Waals surface area contributed by atoms with Crippen molar-refractivity contribution in [1.29, 1.82) is 0 Å². The molecule has 1 heterocycles. The molecule has 104 valence electrons. The molecular weight excluding hydrogens is 264 g/mol. The minimum absolute atomic E-state index is 0.00538. The summed E-state index contributed by atoms with van der Waals surface area (Å²) in [6, 6.07) is 15.4. The van der Waals surface area contributed by atoms with Crippen LogP contribution < -0.4 is 4.74 Å². The van der Waals surface area contributed by atoms with Crippen molar-refractivity contribution in [1.82, 2.24) is 9.97 Å². The van der Waals surface area contributed by atoms with E-state index in [-0.39, 0.29) is 6.61 Å². The van der Waals surface area contributed by atoms with Gasteiger partial charge in [-0.15, -0.1) is 0 Å². The van der Waals surface area contributed by atoms with Crippen LogP contribution in [0.25, 0.3) is 11.1 Å². The zero-order valence-electron chi connectivity index (χ0n) is 11.3. The Kier molecular flexibility index (Phi) is 3.89. The summed E-state index contributed by atoms with van der Waals surface area (Å²) in [4.78, 5) is 8.05. The van der Waals surface area contributed by atoms with E-state index in [2.05, 4.69) is 9.97 Å². The van der Waals surface area contributed by atoms with Gasteiger partial charge in [-0.3, -0.25) is 4.98 Å². The van der Waals surface area contributed by atoms with Crippen LogP contribution in [0.5, 0.6) is 11.6 Å². The van der Waals surface area contributed by atoms with Crippen molar-refractivity contribution < 1.29 is 9.84 Å². The normalized spacial score (nSPS) is 10.3. The Morgan fingerprint density at radius 2 is 1.90 bits per heavy atom. The molecule has 4 nitrogen and oxygen atoms in total. The number of rotatable bonds is 4. The molecule has 21 heavy (non-hydrogen) atoms. The molecule has 0 radical (unpaired) electrons. The lowest BCUT2D eigenvalue weighted by Gasteiger charge is -2.09. The molecule has 0 aliphatic rings. The van der Waals surface area contributed by atoms with Crippen molar-refractivity contribution in [2.75, 3.05) is 0 Å². The van der Waals surface area contributed by atoms with E-state index in [0.29, 0.717) is 11.6 Å². The molecule has 0 saturated heterocycles. The van der Waals surface area contributed by atoms with Gasteiger partial charge in [-0.05, 0) is 28.8 Å². The summed E-state index contributed by atoms with van der Waals surface area (Å²) >= 11 is 0. The van der Waals surface area contributed by atoms with Gasteiger partial charge in [-0.2, -0.15) is 0 Å². The minimum Gasteiger partial charge on any atom is -0.437 e. The molecule has 0 saturated carbocycles. The molecule has 0 atom stereocenters. The SMILES string of the molecule is OCc1ccccc1-c1cccc(Oc2cnccn2)c1. The highest BCUT2D eigenvalue weighted by Crippen LogP contribution is 2.28. The molecule has 0 bridgehead atoms. The standard InChI is InChI=1S/C17H14N2O2/c20-12-14-4-1-2-7-16(14)13-5-3-6-15(10-13)21-17-11-18-8-9-19-17/h1-11,20H,12H2. The fourth-order valence-corrected chi connectivity index (χ4v) is 2.13. The number of benzene rings is 2. The second-order valence-electron chi connectivity index (χ2n) is 4.49. The topological polar surface area (TPSA) is 55.2 Å². The predicted molar refractivity (Wildman–Crippen MR) is 79.9 cm³/mol. The number of aromatic nitrogens is 2. The average molecular weight is 278 g/mol. The van der Waals surface area contributed by atoms with Gasteiger partial charge in [0.2, 0.25) is 5.88 Å². The lowest BCUT2D eigenvalue weighted by molar-refractivity contribution is 0.282. The molecule has 4 heteroatoms. The first kappa shape index (κ1) is 13.3. The molecule has 2 aromatic carbocycles. The van der Waals surface area contributed by atoms with Crippen LogP contribution in [-0.2, 0) is 6.61 Å². The van der Waals surface area contributed by atoms with Crippen LogP contribution >= 0.6 is 0 Å². The summed E-state index contributed by atoms with van der Waals surface area (Å²) in [5.74, 6) is 1.13. The van der Waals surface area contributed by atoms with E-state index in [4.69, 9.17) is 4.74 Å². The lowest BCUT2D eigenvalue weighted by Crippen LogP contribution is -1.91. The lowest BCUT2D eigenvalue weighted by atomic mass is 10.00. The maximum atomic E-state index is 9.43. The number of aliphatic hydroxyl groups excluding tert-OH is 1. The first-order valence-corrected chi connectivity index (χ1v) is 6.60. The number of nitrogens with zero attached hydrogens (tertiary/aromatic N) is 2. The van der Waals surface area contributed by atoms with Crippen molar-refractivity contribution >= 4 is 0 Å². The fraction of sp³-hybridized carbons (Fsp3) is 0.0588. The number of hydrogen-bond acceptors (Lipinski definition) is 4. The Hall–Kier alpha value is -2.72. The second-order valence-corrected chi connectivity index (χ2v) is 4.49. The first-order valence-electron chi connectivity index (χ1n) is 6.60. The number of hydrogen-bond donors (Lipinski definition) is 1. The highest BCUT2D eigenvalue weighted by atomic mass is 16.5. The Morgan fingerprint density at radius 3 is 2.71 bits per heavy atom. The van der Waals surface area contributed by atoms with E-state index in [1.807, 2.05) is 48.5 Å². The van der Waals surface area contributed by atoms with Gasteiger partial charge in [-0.25, -0.2) is 4.98 Å². The van der Waals surface area contributed by atoms with E-state index < -0.39 is 0 Å². The summed E-state index contributed by atoms with van der Waals surface area (Å²) in [7, 11) is 0. The molecule has 0 amide bonds. The summed E-state index contributed by atoms with van der Waals surface area (Å²) in [6.45, 7) is 0.00538. The molecule has 3 aromatic rings. The quantitative estimate of drug-likeness (QED) is 0.794. The third-order valence-corrected chi connectivity index (χ3v) is 3.09. The van der Waals surface area contributed by atoms with Gasteiger partial charge in [-0.1, -0.05) is 36.4 Å². The fourth-order valence-electron chi connectivity index (χ4n) is 2.13. The molecule has 0 fully saturated rings. The van der Waals surface area contributed by atoms with Crippen LogP contribution in [0.3, 0.4) is 0 Å². The summed E-state index contributed by atoms with van der Waals surface area (Å²) < 4.78 is 5.68. The largest absolute Gasteiger partial charge is 0.437 e. The van der Waals surface area contributed by atoms with E-state index in [1.54, 1.807) is 18.6 Å². The van der Waals surface area contributed by atoms with E-state index in [0.717, 1.165) is 16.7 Å². The summed E-state index contributed by atoms with van der Waals surface area (Å²) in [5, 5.41) is 9.43. The molecular formula is C17H14N2O2. The molecule has 3 rings (SSSR count). The second kappa shape index (κ2) is 6.15. The highest BCUT2D eigenvalue weighted by molar-refractivity contribution is 5.68. The van der Waals surface area contributed by atoms with E-state index >= 15 is 0 Å². The van der Waals surface area contributed by atoms with E-state index in [9.17, 15) is 5.11 Å². The predicted octanol–water partition coefficient (Wildman–Crippen LogP) is 3.43. The number of ether oxygens (including phenoxy) is 1. The third kappa shape index (κ3) is 3.07. The van der Waals surface area contributed by atoms with Gasteiger partial charge in [0, 0.05) is 12.4 Å². The molecule has 0 spiro atoms. The van der Waals surface area contributed by atoms with Crippen LogP contribution in [0.1, 0.15) is 5.56 Å². The van der Waals surface area contributed by atoms with Crippen molar-refractivity contribution in [3.63, 3.8) is 0 Å². The summed E-state index contributed by atoms with van der Waals surface area (Å²) in [6.07, 6.45) is 4.75. The molecule has 1 N–H and O–H groups in total. The minimum atomic E-state index is 0.00538. The molecule has 0 unspecified atom stereocenters. The Labute approximate surface area is 122 Å². The zero-order valence-corrected chi connectivity index (χ0v) is 11.3. The van der Waals surface area contributed by atoms with Crippen LogP contribution in [0.15, 0.2) is 67.1 Å². The average Bonchev–Trinajstić information content (AvgIpc) is 2.56. The van der Waals surface area contributed by atoms with Crippen LogP contribution in [0.2, 0.25) is 0 Å². The third-order valence-electron chi connectivity index (χ3n) is 3.09. The van der Waals surface area contributed by atoms with Crippen LogP contribution in [0.4, 0.5) is 0 Å². The zero-order chi connectivity index (χ0) is 14.5. The molecule has 0 aliphatic heterocycles. The van der Waals surface area contributed by atoms with E-state index in [1.165, 1.54) is 0 Å². The van der Waals surface area contributed by atoms with Crippen molar-refractivity contribution in [2.45, 2.75) is 6.61 Å². The Morgan fingerprint density at radius 1 is 1.00 bits per heavy atom. The Bertz CT molecular complexity index is 730. The van der Waals surface area contributed by atoms with Gasteiger partial charge in [0.1, 0.15) is 5.75 Å². The molecule has 0 aliphatic carbocycles. The smallest absolute Gasteiger partial charge is 0.237 e. The van der Waals surface area contributed by atoms with Crippen LogP contribution in [-0.4, -0.2) is 15.1 Å². The van der Waals surface area contributed by atoms with Crippen molar-refractivity contribution in [3.8, 4) is 22.8 Å². The molecule has 1 aromatic heterocycles. The maximum absolute atomic E-state index is 9.43. The van der Waals surface area contributed by atoms with Gasteiger partial charge in [0.05, 0.1) is 12.8 Å². The first-order chi connectivity index (χ1) is 10.4. The maximum Gasteiger partial charge on any atom is 0.237 e. The Balaban J connectivity index is 1.93. The van der Waals surface area contributed by atoms with Gasteiger partial charge in [0.15, 0.2) is 0 Å². The van der Waals surface area contributed by atoms with Crippen molar-refractivity contribution in [3.05, 3.63) is 72.7 Å². The monoisotopic (exact) mass is 278 g/mol.